The highest BCUT2D eigenvalue weighted by atomic mass is 16.5. The average Bonchev–Trinajstić information content (AvgIpc) is 0.667. The van der Waals surface area contributed by atoms with Crippen LogP contribution < -0.4 is 82.8 Å². The van der Waals surface area contributed by atoms with Crippen LogP contribution in [-0.4, -0.2) is 20.1 Å². The first-order valence-corrected chi connectivity index (χ1v) is 24.7. The highest BCUT2D eigenvalue weighted by molar-refractivity contribution is 7.05. The van der Waals surface area contributed by atoms with Crippen molar-refractivity contribution in [1.82, 2.24) is 0 Å². The van der Waals surface area contributed by atoms with Crippen molar-refractivity contribution in [2.24, 2.45) is 0 Å². The van der Waals surface area contributed by atoms with Gasteiger partial charge in [0.05, 0.1) is 27.6 Å². The van der Waals surface area contributed by atoms with E-state index in [0.717, 1.165) is 11.4 Å². The Kier molecular flexibility index (Phi) is 6.09. The van der Waals surface area contributed by atoms with Crippen LogP contribution in [0.25, 0.3) is 0 Å². The smallest absolute Gasteiger partial charge is 0.261 e. The molecule has 0 N–H and O–H groups in total. The lowest BCUT2D eigenvalue weighted by Crippen LogP contribution is -2.66. The van der Waals surface area contributed by atoms with Gasteiger partial charge in [-0.1, -0.05) is 145 Å². The molecule has 6 aliphatic heterocycles. The Labute approximate surface area is 463 Å². The molecule has 352 valence electrons. The Hall–Kier alpha value is -9.79. The molecule has 76 heavy (non-hydrogen) atoms. The molecule has 6 aliphatic rings. The van der Waals surface area contributed by atoms with Crippen LogP contribution in [0.2, 0.25) is 0 Å². The van der Waals surface area contributed by atoms with Crippen LogP contribution in [0.15, 0.2) is 242 Å². The maximum absolute atomic E-state index is 11.0. The summed E-state index contributed by atoms with van der Waals surface area (Å²) < 4.78 is 180. The Morgan fingerprint density at radius 3 is 1.17 bits per heavy atom. The normalized spacial score (nSPS) is 16.8. The number of para-hydroxylation sites is 8. The maximum atomic E-state index is 11.0. The van der Waals surface area contributed by atoms with E-state index in [1.54, 1.807) is 0 Å². The van der Waals surface area contributed by atoms with E-state index < -0.39 is 92.6 Å². The minimum atomic E-state index is -1.39. The molecule has 0 aromatic heterocycles. The van der Waals surface area contributed by atoms with Gasteiger partial charge in [0.2, 0.25) is 0 Å². The number of hydrogen-bond donors (Lipinski definition) is 0. The third-order valence-corrected chi connectivity index (χ3v) is 15.1. The van der Waals surface area contributed by atoms with Crippen LogP contribution >= 0.6 is 0 Å². The van der Waals surface area contributed by atoms with Crippen molar-refractivity contribution in [3.63, 3.8) is 0 Å². The van der Waals surface area contributed by atoms with Gasteiger partial charge in [-0.2, -0.15) is 0 Å². The molecule has 17 rings (SSSR count). The number of ether oxygens (including phenoxy) is 4. The number of fused-ring (bicyclic) bond motifs is 14. The molecule has 11 aromatic rings. The average molecular weight is 988 g/mol. The summed E-state index contributed by atoms with van der Waals surface area (Å²) in [5.41, 5.74) is 5.22. The van der Waals surface area contributed by atoms with Gasteiger partial charge in [0.25, 0.3) is 20.1 Å². The lowest BCUT2D eigenvalue weighted by Gasteiger charge is -2.47. The summed E-state index contributed by atoms with van der Waals surface area (Å²) in [6, 6.07) is 36.6. The van der Waals surface area contributed by atoms with Gasteiger partial charge in [-0.3, -0.25) is 0 Å². The third kappa shape index (κ3) is 5.81. The Balaban J connectivity index is 1.10. The second-order valence-electron chi connectivity index (χ2n) is 19.0. The van der Waals surface area contributed by atoms with Crippen molar-refractivity contribution in [1.29, 1.82) is 0 Å². The van der Waals surface area contributed by atoms with E-state index in [1.165, 1.54) is 12.1 Å². The molecule has 0 fully saturated rings. The van der Waals surface area contributed by atoms with E-state index in [2.05, 4.69) is 4.90 Å². The minimum Gasteiger partial charge on any atom is -0.459 e. The molecule has 0 spiro atoms. The SMILES string of the molecule is [2H]c1cc2c(c([2H])c1[2H])B1c3c([2H])c([2H])c([2H])c([2H])c3Oc3c([2H])c4c(c(c31)O2)B1c2c(cc(N(c3ccccc3)c3ccccc3)cc2N(c2ccccc2)c2c([2H])c3c5c(c21)Oc1cc([2H])c([2H])c([2H])c1B5c1c([2H])c([2H])c([2H])c([2H])c1O3)N4c1ccccc1. The summed E-state index contributed by atoms with van der Waals surface area (Å²) in [4.78, 5) is 5.87. The molecule has 0 bridgehead atoms. The summed E-state index contributed by atoms with van der Waals surface area (Å²) in [6.45, 7) is -4.08. The minimum absolute atomic E-state index is 0.0109. The molecular formula is C66H40B3N3O4. The maximum Gasteiger partial charge on any atom is 0.261 e. The number of hydrogen-bond acceptors (Lipinski definition) is 7. The summed E-state index contributed by atoms with van der Waals surface area (Å²) in [6.07, 6.45) is 0. The van der Waals surface area contributed by atoms with E-state index >= 15 is 0 Å². The molecule has 0 atom stereocenters. The second-order valence-corrected chi connectivity index (χ2v) is 19.0. The number of nitrogens with zero attached hydrogens (tertiary/aromatic N) is 3. The van der Waals surface area contributed by atoms with Crippen molar-refractivity contribution in [2.45, 2.75) is 0 Å². The lowest BCUT2D eigenvalue weighted by molar-refractivity contribution is 0.466. The van der Waals surface area contributed by atoms with Crippen LogP contribution in [0.5, 0.6) is 46.0 Å². The molecule has 11 aromatic carbocycles. The molecule has 7 nitrogen and oxygen atoms in total. The zero-order valence-corrected chi connectivity index (χ0v) is 39.6. The summed E-state index contributed by atoms with van der Waals surface area (Å²) >= 11 is 0. The first-order chi connectivity index (χ1) is 44.4. The molecule has 0 amide bonds. The zero-order valence-electron chi connectivity index (χ0n) is 55.6. The predicted octanol–water partition coefficient (Wildman–Crippen LogP) is 10.7. The Morgan fingerprint density at radius 1 is 0.329 bits per heavy atom. The second kappa shape index (κ2) is 15.9. The van der Waals surface area contributed by atoms with Crippen LogP contribution in [0.4, 0.5) is 51.2 Å². The van der Waals surface area contributed by atoms with Gasteiger partial charge in [-0.15, -0.1) is 0 Å². The molecule has 0 saturated carbocycles. The first-order valence-electron chi connectivity index (χ1n) is 32.7. The Bertz CT molecular complexity index is 4890. The van der Waals surface area contributed by atoms with Gasteiger partial charge in [0.1, 0.15) is 46.0 Å². The van der Waals surface area contributed by atoms with Gasteiger partial charge in [0.15, 0.2) is 0 Å². The van der Waals surface area contributed by atoms with Gasteiger partial charge >= 0.3 is 0 Å². The number of benzene rings is 11. The van der Waals surface area contributed by atoms with Gasteiger partial charge in [0, 0.05) is 68.5 Å². The Morgan fingerprint density at radius 2 is 0.724 bits per heavy atom. The van der Waals surface area contributed by atoms with Crippen molar-refractivity contribution in [2.75, 3.05) is 14.7 Å². The van der Waals surface area contributed by atoms with Crippen LogP contribution in [-0.2, 0) is 0 Å². The van der Waals surface area contributed by atoms with E-state index in [0.29, 0.717) is 33.9 Å². The highest BCUT2D eigenvalue weighted by Gasteiger charge is 2.53. The molecular weight excluding hydrogens is 931 g/mol. The topological polar surface area (TPSA) is 46.6 Å². The largest absolute Gasteiger partial charge is 0.459 e. The van der Waals surface area contributed by atoms with Gasteiger partial charge in [-0.05, 0) is 123 Å². The molecule has 6 heterocycles. The highest BCUT2D eigenvalue weighted by Crippen LogP contribution is 2.52. The van der Waals surface area contributed by atoms with Crippen LogP contribution in [0, 0.1) is 0 Å². The van der Waals surface area contributed by atoms with Crippen molar-refractivity contribution in [3.05, 3.63) is 242 Å². The number of rotatable bonds is 5. The van der Waals surface area contributed by atoms with Crippen molar-refractivity contribution in [3.8, 4) is 46.0 Å². The van der Waals surface area contributed by atoms with Gasteiger partial charge in [-0.25, -0.2) is 0 Å². The summed E-state index contributed by atoms with van der Waals surface area (Å²) in [7, 11) is 0. The van der Waals surface area contributed by atoms with E-state index in [9.17, 15) is 11.0 Å². The quantitative estimate of drug-likeness (QED) is 0.159. The number of anilines is 9. The first kappa shape index (κ1) is 29.2. The summed E-state index contributed by atoms with van der Waals surface area (Å²) in [5.74, 6) is -1.24. The standard InChI is InChI=1S/C66H40B3N3O4/c1-5-21-41(22-6-1)70(42-23-7-2-8-24-42)45-37-50-60-51(38-45)72(44-27-11-4-12-28-44)53-40-59-64-66(76-57-36-20-16-32-49(57)68(64)47-30-14-18-34-55(47)74-59)62(53)69(60)61-52(71(50)43-25-9-3-10-26-43)39-58-63-65(61)75-56-35-19-15-31-48(56)67(63)46-29-13-17-33-54(46)73-58/h1-40H/i13D,14D,15D,16D,17D,18D,19D,20D,29D,30D,31D,32D,33D,34D,39D,40D. The molecule has 10 heteroatoms. The fourth-order valence-electron chi connectivity index (χ4n) is 12.1. The monoisotopic (exact) mass is 987 g/mol. The van der Waals surface area contributed by atoms with E-state index in [-0.39, 0.29) is 125 Å². The zero-order chi connectivity index (χ0) is 63.5. The molecule has 0 unspecified atom stereocenters. The van der Waals surface area contributed by atoms with E-state index in [1.807, 2.05) is 143 Å². The molecule has 0 saturated heterocycles. The predicted molar refractivity (Wildman–Crippen MR) is 311 cm³/mol. The van der Waals surface area contributed by atoms with Gasteiger partial charge < -0.3 is 33.6 Å². The van der Waals surface area contributed by atoms with Crippen LogP contribution in [0.1, 0.15) is 21.9 Å². The third-order valence-electron chi connectivity index (χ3n) is 15.1. The molecule has 0 radical (unpaired) electrons. The molecule has 0 aliphatic carbocycles. The van der Waals surface area contributed by atoms with Crippen molar-refractivity contribution < 1.29 is 40.9 Å². The summed E-state index contributed by atoms with van der Waals surface area (Å²) in [5, 5.41) is 0. The fraction of sp³-hybridized carbons (Fsp3) is 0. The van der Waals surface area contributed by atoms with E-state index in [4.69, 9.17) is 29.9 Å². The van der Waals surface area contributed by atoms with Crippen LogP contribution in [0.3, 0.4) is 0 Å². The lowest BCUT2D eigenvalue weighted by atomic mass is 9.29. The van der Waals surface area contributed by atoms with Crippen molar-refractivity contribution >= 4 is 120 Å². The fourth-order valence-corrected chi connectivity index (χ4v) is 12.1.